The normalized spacial score (nSPS) is 18.0. The topological polar surface area (TPSA) is 26.0 Å². The van der Waals surface area contributed by atoms with E-state index >= 15 is 0 Å². The molecule has 0 saturated heterocycles. The van der Waals surface area contributed by atoms with E-state index in [1.807, 2.05) is 0 Å². The fourth-order valence-corrected chi connectivity index (χ4v) is 0.418. The van der Waals surface area contributed by atoms with Gasteiger partial charge in [-0.25, -0.2) is 0 Å². The molecule has 2 N–H and O–H groups in total. The Bertz CT molecular complexity index is 55.6. The first-order chi connectivity index (χ1) is 2.77. The van der Waals surface area contributed by atoms with E-state index in [4.69, 9.17) is 5.73 Å². The van der Waals surface area contributed by atoms with Gasteiger partial charge in [0.25, 0.3) is 0 Å². The average molecular weight is 133 g/mol. The summed E-state index contributed by atoms with van der Waals surface area (Å²) < 4.78 is 0. The van der Waals surface area contributed by atoms with Crippen molar-refractivity contribution >= 4 is 0 Å². The Labute approximate surface area is 60.6 Å². The molecule has 0 aromatic rings. The fraction of sp³-hybridized carbons (Fsp3) is 1.00. The lowest BCUT2D eigenvalue weighted by molar-refractivity contribution is 0.588. The summed E-state index contributed by atoms with van der Waals surface area (Å²) in [6, 6.07) is 0. The van der Waals surface area contributed by atoms with Crippen LogP contribution in [0.4, 0.5) is 0 Å². The van der Waals surface area contributed by atoms with Gasteiger partial charge in [-0.2, -0.15) is 0 Å². The van der Waals surface area contributed by atoms with Crippen LogP contribution in [0.15, 0.2) is 0 Å². The van der Waals surface area contributed by atoms with Crippen molar-refractivity contribution in [2.24, 2.45) is 11.1 Å². The zero-order chi connectivity index (χ0) is 4.62. The van der Waals surface area contributed by atoms with Crippen LogP contribution >= 0.6 is 0 Å². The third kappa shape index (κ3) is 4.46. The van der Waals surface area contributed by atoms with E-state index < -0.39 is 0 Å². The molecule has 0 unspecified atom stereocenters. The van der Waals surface area contributed by atoms with Gasteiger partial charge in [-0.15, -0.1) is 0 Å². The van der Waals surface area contributed by atoms with E-state index in [2.05, 4.69) is 6.92 Å². The summed E-state index contributed by atoms with van der Waals surface area (Å²) in [5.41, 5.74) is 5.94. The maximum absolute atomic E-state index is 5.37. The first-order valence-electron chi connectivity index (χ1n) is 2.47. The molecule has 1 heteroatoms. The van der Waals surface area contributed by atoms with Crippen LogP contribution in [0.1, 0.15) is 42.0 Å². The van der Waals surface area contributed by atoms with Crippen LogP contribution in [0.25, 0.3) is 0 Å². The molecule has 9 heavy (non-hydrogen) atoms. The smallest absolute Gasteiger partial charge is 0.00232 e. The van der Waals surface area contributed by atoms with Gasteiger partial charge in [0.15, 0.2) is 0 Å². The molecular formula is C8H23N. The van der Waals surface area contributed by atoms with Crippen molar-refractivity contribution in [2.45, 2.75) is 42.0 Å². The number of rotatable bonds is 1. The van der Waals surface area contributed by atoms with Gasteiger partial charge in [0, 0.05) is 0 Å². The van der Waals surface area contributed by atoms with E-state index in [1.54, 1.807) is 0 Å². The molecule has 0 aromatic heterocycles. The van der Waals surface area contributed by atoms with Crippen LogP contribution in [0.3, 0.4) is 0 Å². The van der Waals surface area contributed by atoms with E-state index in [0.717, 1.165) is 6.54 Å². The SMILES string of the molecule is C.C.C.CC1(CN)CC1. The van der Waals surface area contributed by atoms with Crippen molar-refractivity contribution < 1.29 is 0 Å². The molecule has 0 spiro atoms. The lowest BCUT2D eigenvalue weighted by Gasteiger charge is -1.97. The maximum Gasteiger partial charge on any atom is -0.00232 e. The van der Waals surface area contributed by atoms with E-state index in [9.17, 15) is 0 Å². The molecule has 0 atom stereocenters. The Morgan fingerprint density at radius 3 is 1.56 bits per heavy atom. The van der Waals surface area contributed by atoms with Crippen molar-refractivity contribution in [2.75, 3.05) is 6.54 Å². The molecular weight excluding hydrogens is 110 g/mol. The van der Waals surface area contributed by atoms with E-state index in [0.29, 0.717) is 5.41 Å². The summed E-state index contributed by atoms with van der Waals surface area (Å²) in [6.45, 7) is 3.11. The van der Waals surface area contributed by atoms with Gasteiger partial charge < -0.3 is 5.73 Å². The standard InChI is InChI=1S/C5H11N.3CH4/c1-5(4-6)2-3-5;;;/h2-4,6H2,1H3;3*1H4. The van der Waals surface area contributed by atoms with Crippen LogP contribution < -0.4 is 5.73 Å². The van der Waals surface area contributed by atoms with Crippen LogP contribution in [0, 0.1) is 5.41 Å². The lowest BCUT2D eigenvalue weighted by atomic mass is 10.2. The van der Waals surface area contributed by atoms with Gasteiger partial charge in [0.2, 0.25) is 0 Å². The predicted octanol–water partition coefficient (Wildman–Crippen LogP) is 2.65. The van der Waals surface area contributed by atoms with Crippen LogP contribution in [-0.4, -0.2) is 6.54 Å². The average Bonchev–Trinajstić information content (AvgIpc) is 2.22. The second-order valence-corrected chi connectivity index (χ2v) is 2.51. The monoisotopic (exact) mass is 133 g/mol. The van der Waals surface area contributed by atoms with Gasteiger partial charge >= 0.3 is 0 Å². The molecule has 1 saturated carbocycles. The minimum absolute atomic E-state index is 0. The lowest BCUT2D eigenvalue weighted by Crippen LogP contribution is -2.10. The molecule has 0 aliphatic heterocycles. The molecule has 1 aliphatic carbocycles. The van der Waals surface area contributed by atoms with Crippen molar-refractivity contribution in [1.29, 1.82) is 0 Å². The highest BCUT2D eigenvalue weighted by Gasteiger charge is 2.34. The van der Waals surface area contributed by atoms with Gasteiger partial charge in [-0.3, -0.25) is 0 Å². The Morgan fingerprint density at radius 2 is 1.56 bits per heavy atom. The zero-order valence-electron chi connectivity index (χ0n) is 4.20. The molecule has 1 rings (SSSR count). The minimum atomic E-state index is 0. The molecule has 1 fully saturated rings. The number of hydrogen-bond acceptors (Lipinski definition) is 1. The molecule has 1 aliphatic rings. The minimum Gasteiger partial charge on any atom is -0.330 e. The first kappa shape index (κ1) is 16.0. The van der Waals surface area contributed by atoms with Crippen LogP contribution in [-0.2, 0) is 0 Å². The second-order valence-electron chi connectivity index (χ2n) is 2.51. The van der Waals surface area contributed by atoms with Gasteiger partial charge in [0.1, 0.15) is 0 Å². The Morgan fingerprint density at radius 1 is 1.22 bits per heavy atom. The maximum atomic E-state index is 5.37. The van der Waals surface area contributed by atoms with E-state index in [1.165, 1.54) is 12.8 Å². The highest BCUT2D eigenvalue weighted by molar-refractivity contribution is 4.88. The summed E-state index contributed by atoms with van der Waals surface area (Å²) in [7, 11) is 0. The number of hydrogen-bond donors (Lipinski definition) is 1. The van der Waals surface area contributed by atoms with Crippen molar-refractivity contribution in [3.05, 3.63) is 0 Å². The molecule has 0 radical (unpaired) electrons. The Kier molecular flexibility index (Phi) is 8.53. The Balaban J connectivity index is -0.000000120. The molecule has 0 amide bonds. The number of nitrogens with two attached hydrogens (primary N) is 1. The quantitative estimate of drug-likeness (QED) is 0.584. The van der Waals surface area contributed by atoms with Gasteiger partial charge in [0.05, 0.1) is 0 Å². The second kappa shape index (κ2) is 4.80. The summed E-state index contributed by atoms with van der Waals surface area (Å²) in [6.07, 6.45) is 2.70. The molecule has 0 heterocycles. The van der Waals surface area contributed by atoms with Crippen molar-refractivity contribution in [3.8, 4) is 0 Å². The Hall–Kier alpha value is -0.0400. The third-order valence-corrected chi connectivity index (χ3v) is 1.60. The third-order valence-electron chi connectivity index (χ3n) is 1.60. The predicted molar refractivity (Wildman–Crippen MR) is 46.6 cm³/mol. The van der Waals surface area contributed by atoms with Crippen LogP contribution in [0.5, 0.6) is 0 Å². The van der Waals surface area contributed by atoms with Gasteiger partial charge in [-0.1, -0.05) is 29.2 Å². The molecule has 60 valence electrons. The van der Waals surface area contributed by atoms with Crippen molar-refractivity contribution in [1.82, 2.24) is 0 Å². The highest BCUT2D eigenvalue weighted by Crippen LogP contribution is 2.43. The van der Waals surface area contributed by atoms with Crippen LogP contribution in [0.2, 0.25) is 0 Å². The summed E-state index contributed by atoms with van der Waals surface area (Å²) in [5, 5.41) is 0. The van der Waals surface area contributed by atoms with Gasteiger partial charge in [-0.05, 0) is 24.8 Å². The van der Waals surface area contributed by atoms with Crippen molar-refractivity contribution in [3.63, 3.8) is 0 Å². The summed E-state index contributed by atoms with van der Waals surface area (Å²) >= 11 is 0. The largest absolute Gasteiger partial charge is 0.330 e. The summed E-state index contributed by atoms with van der Waals surface area (Å²) in [5.74, 6) is 0. The summed E-state index contributed by atoms with van der Waals surface area (Å²) in [4.78, 5) is 0. The molecule has 0 aromatic carbocycles. The first-order valence-corrected chi connectivity index (χ1v) is 2.47. The van der Waals surface area contributed by atoms with E-state index in [-0.39, 0.29) is 22.3 Å². The molecule has 0 bridgehead atoms. The highest BCUT2D eigenvalue weighted by atomic mass is 14.6. The molecule has 1 nitrogen and oxygen atoms in total. The zero-order valence-corrected chi connectivity index (χ0v) is 4.20. The fourth-order valence-electron chi connectivity index (χ4n) is 0.418.